The van der Waals surface area contributed by atoms with Crippen LogP contribution in [-0.4, -0.2) is 75.6 Å². The van der Waals surface area contributed by atoms with E-state index in [-0.39, 0.29) is 18.4 Å². The number of fused-ring (bicyclic) bond motifs is 1. The predicted molar refractivity (Wildman–Crippen MR) is 161 cm³/mol. The minimum Gasteiger partial charge on any atom is -0.488 e. The van der Waals surface area contributed by atoms with Crippen LogP contribution in [0.3, 0.4) is 0 Å². The third kappa shape index (κ3) is 8.62. The highest BCUT2D eigenvalue weighted by Crippen LogP contribution is 2.26. The van der Waals surface area contributed by atoms with Gasteiger partial charge in [-0.3, -0.25) is 14.5 Å². The Balaban J connectivity index is 1.23. The molecule has 1 unspecified atom stereocenters. The molecule has 9 heteroatoms. The molecule has 42 heavy (non-hydrogen) atoms. The number of carbonyl (C=O) groups is 2. The first kappa shape index (κ1) is 29.7. The van der Waals surface area contributed by atoms with E-state index >= 15 is 0 Å². The van der Waals surface area contributed by atoms with Crippen LogP contribution in [0.5, 0.6) is 5.75 Å². The Hall–Kier alpha value is -3.76. The number of ether oxygens (including phenoxy) is 3. The van der Waals surface area contributed by atoms with Crippen molar-refractivity contribution in [1.29, 1.82) is 0 Å². The maximum absolute atomic E-state index is 13.3. The summed E-state index contributed by atoms with van der Waals surface area (Å²) in [5.74, 6) is 0.185. The van der Waals surface area contributed by atoms with Crippen molar-refractivity contribution in [2.24, 2.45) is 0 Å². The molecule has 222 valence electrons. The summed E-state index contributed by atoms with van der Waals surface area (Å²) in [7, 11) is 0. The van der Waals surface area contributed by atoms with E-state index in [1.54, 1.807) is 30.3 Å². The number of rotatable bonds is 12. The van der Waals surface area contributed by atoms with Gasteiger partial charge in [0.2, 0.25) is 0 Å². The molecule has 0 radical (unpaired) electrons. The average molecular weight is 574 g/mol. The van der Waals surface area contributed by atoms with Crippen LogP contribution in [0, 0.1) is 0 Å². The van der Waals surface area contributed by atoms with Crippen molar-refractivity contribution in [2.45, 2.75) is 32.0 Å². The lowest BCUT2D eigenvalue weighted by Crippen LogP contribution is -2.38. The van der Waals surface area contributed by atoms with Gasteiger partial charge in [0.05, 0.1) is 18.8 Å². The van der Waals surface area contributed by atoms with Gasteiger partial charge >= 0.3 is 0 Å². The van der Waals surface area contributed by atoms with E-state index in [0.29, 0.717) is 30.0 Å². The Morgan fingerprint density at radius 3 is 2.57 bits per heavy atom. The van der Waals surface area contributed by atoms with E-state index in [9.17, 15) is 9.59 Å². The highest BCUT2D eigenvalue weighted by Gasteiger charge is 2.17. The molecular weight excluding hydrogens is 534 g/mol. The number of nitrogens with one attached hydrogen (secondary N) is 2. The second-order valence-electron chi connectivity index (χ2n) is 10.5. The van der Waals surface area contributed by atoms with Crippen molar-refractivity contribution in [3.05, 3.63) is 83.4 Å². The van der Waals surface area contributed by atoms with Crippen LogP contribution < -0.4 is 15.5 Å². The third-order valence-electron chi connectivity index (χ3n) is 7.40. The summed E-state index contributed by atoms with van der Waals surface area (Å²) in [6.07, 6.45) is 5.00. The van der Waals surface area contributed by atoms with Gasteiger partial charge in [0.1, 0.15) is 12.4 Å². The largest absolute Gasteiger partial charge is 0.488 e. The number of hydroxylamine groups is 1. The summed E-state index contributed by atoms with van der Waals surface area (Å²) in [4.78, 5) is 33.6. The lowest BCUT2D eigenvalue weighted by molar-refractivity contribution is -0.186. The third-order valence-corrected chi connectivity index (χ3v) is 7.40. The lowest BCUT2D eigenvalue weighted by atomic mass is 10.1. The van der Waals surface area contributed by atoms with E-state index in [1.165, 1.54) is 0 Å². The Kier molecular flexibility index (Phi) is 10.9. The maximum atomic E-state index is 13.3. The number of benzene rings is 3. The van der Waals surface area contributed by atoms with Crippen LogP contribution in [0.15, 0.2) is 72.3 Å². The molecule has 2 N–H and O–H groups in total. The SMILES string of the molecule is O=C(NCCCN1CCOCC1)/C(=C/c1ccc(C(=O)NOC2CCCCO2)cc1)COc1cccc2ccccc12. The summed E-state index contributed by atoms with van der Waals surface area (Å²) >= 11 is 0. The Labute approximate surface area is 246 Å². The smallest absolute Gasteiger partial charge is 0.274 e. The van der Waals surface area contributed by atoms with Crippen LogP contribution in [0.25, 0.3) is 16.8 Å². The monoisotopic (exact) mass is 573 g/mol. The van der Waals surface area contributed by atoms with Gasteiger partial charge in [0.15, 0.2) is 6.29 Å². The van der Waals surface area contributed by atoms with Crippen LogP contribution in [0.4, 0.5) is 0 Å². The van der Waals surface area contributed by atoms with Gasteiger partial charge in [0, 0.05) is 43.6 Å². The number of carbonyl (C=O) groups excluding carboxylic acids is 2. The first-order valence-electron chi connectivity index (χ1n) is 14.7. The standard InChI is InChI=1S/C33H39N3O6/c37-32(34-16-6-17-36-18-21-39-22-19-36)28(24-41-30-10-5-8-26-7-1-2-9-29(26)30)23-25-12-14-27(15-13-25)33(38)35-42-31-11-3-4-20-40-31/h1-2,5,7-10,12-15,23,31H,3-4,6,11,16-22,24H2,(H,34,37)(H,35,38)/b28-23+. The summed E-state index contributed by atoms with van der Waals surface area (Å²) in [6.45, 7) is 5.57. The van der Waals surface area contributed by atoms with E-state index in [1.807, 2.05) is 42.5 Å². The molecule has 0 saturated carbocycles. The molecule has 0 spiro atoms. The van der Waals surface area contributed by atoms with E-state index in [2.05, 4.69) is 15.7 Å². The molecule has 2 aliphatic heterocycles. The van der Waals surface area contributed by atoms with E-state index < -0.39 is 6.29 Å². The molecule has 3 aromatic carbocycles. The zero-order valence-electron chi connectivity index (χ0n) is 23.9. The lowest BCUT2D eigenvalue weighted by Gasteiger charge is -2.26. The van der Waals surface area contributed by atoms with Crippen LogP contribution in [0.1, 0.15) is 41.6 Å². The van der Waals surface area contributed by atoms with Crippen molar-refractivity contribution in [2.75, 3.05) is 52.6 Å². The zero-order chi connectivity index (χ0) is 29.0. The first-order chi connectivity index (χ1) is 20.7. The van der Waals surface area contributed by atoms with Crippen LogP contribution in [0.2, 0.25) is 0 Å². The number of hydrogen-bond acceptors (Lipinski definition) is 7. The molecule has 2 saturated heterocycles. The number of amides is 2. The van der Waals surface area contributed by atoms with E-state index in [4.69, 9.17) is 19.0 Å². The normalized spacial score (nSPS) is 18.0. The quantitative estimate of drug-likeness (QED) is 0.189. The Morgan fingerprint density at radius 1 is 0.952 bits per heavy atom. The Morgan fingerprint density at radius 2 is 1.76 bits per heavy atom. The molecule has 2 heterocycles. The van der Waals surface area contributed by atoms with Gasteiger partial charge in [-0.1, -0.05) is 48.5 Å². The molecule has 1 atom stereocenters. The van der Waals surface area contributed by atoms with Crippen molar-refractivity contribution < 1.29 is 28.6 Å². The molecule has 3 aromatic rings. The van der Waals surface area contributed by atoms with Crippen LogP contribution in [-0.2, 0) is 19.1 Å². The topological polar surface area (TPSA) is 98.4 Å². The van der Waals surface area contributed by atoms with Gasteiger partial charge in [-0.15, -0.1) is 0 Å². The molecule has 0 aliphatic carbocycles. The molecule has 2 amide bonds. The second kappa shape index (κ2) is 15.5. The molecule has 2 aliphatic rings. The summed E-state index contributed by atoms with van der Waals surface area (Å²) in [6, 6.07) is 20.9. The van der Waals surface area contributed by atoms with Gasteiger partial charge in [-0.05, 0) is 61.0 Å². The average Bonchev–Trinajstić information content (AvgIpc) is 3.05. The minimum atomic E-state index is -0.415. The molecule has 5 rings (SSSR count). The Bertz CT molecular complexity index is 1340. The van der Waals surface area contributed by atoms with E-state index in [0.717, 1.165) is 74.9 Å². The van der Waals surface area contributed by atoms with Gasteiger partial charge in [0.25, 0.3) is 11.8 Å². The van der Waals surface area contributed by atoms with Crippen molar-refractivity contribution in [3.8, 4) is 5.75 Å². The van der Waals surface area contributed by atoms with Gasteiger partial charge < -0.3 is 19.5 Å². The summed E-state index contributed by atoms with van der Waals surface area (Å²) < 4.78 is 17.1. The molecular formula is C33H39N3O6. The second-order valence-corrected chi connectivity index (χ2v) is 10.5. The zero-order valence-corrected chi connectivity index (χ0v) is 23.9. The fourth-order valence-corrected chi connectivity index (χ4v) is 5.01. The highest BCUT2D eigenvalue weighted by atomic mass is 16.8. The fraction of sp³-hybridized carbons (Fsp3) is 0.394. The number of hydrogen-bond donors (Lipinski definition) is 2. The number of nitrogens with zero attached hydrogens (tertiary/aromatic N) is 1. The number of morpholine rings is 1. The first-order valence-corrected chi connectivity index (χ1v) is 14.7. The highest BCUT2D eigenvalue weighted by molar-refractivity contribution is 5.98. The summed E-state index contributed by atoms with van der Waals surface area (Å²) in [5, 5.41) is 5.11. The van der Waals surface area contributed by atoms with Crippen molar-refractivity contribution in [3.63, 3.8) is 0 Å². The molecule has 2 fully saturated rings. The van der Waals surface area contributed by atoms with Crippen LogP contribution >= 0.6 is 0 Å². The van der Waals surface area contributed by atoms with Gasteiger partial charge in [-0.2, -0.15) is 0 Å². The van der Waals surface area contributed by atoms with Gasteiger partial charge in [-0.25, -0.2) is 10.3 Å². The minimum absolute atomic E-state index is 0.0980. The van der Waals surface area contributed by atoms with Crippen molar-refractivity contribution >= 4 is 28.7 Å². The predicted octanol–water partition coefficient (Wildman–Crippen LogP) is 4.33. The molecule has 0 aromatic heterocycles. The fourth-order valence-electron chi connectivity index (χ4n) is 5.01. The van der Waals surface area contributed by atoms with Crippen molar-refractivity contribution in [1.82, 2.24) is 15.7 Å². The maximum Gasteiger partial charge on any atom is 0.274 e. The summed E-state index contributed by atoms with van der Waals surface area (Å²) in [5.41, 5.74) is 4.20. The molecule has 9 nitrogen and oxygen atoms in total. The molecule has 0 bridgehead atoms.